The lowest BCUT2D eigenvalue weighted by molar-refractivity contribution is 0.0947. The number of hydrogen-bond acceptors (Lipinski definition) is 5. The summed E-state index contributed by atoms with van der Waals surface area (Å²) in [6.07, 6.45) is 3.15. The molecule has 3 rings (SSSR count). The summed E-state index contributed by atoms with van der Waals surface area (Å²) in [5.41, 5.74) is 1.38. The molecular weight excluding hydrogens is 413 g/mol. The van der Waals surface area contributed by atoms with Crippen LogP contribution in [0.3, 0.4) is 0 Å². The molecule has 2 aromatic heterocycles. The molecule has 0 spiro atoms. The fraction of sp³-hybridized carbons (Fsp3) is 0.375. The molecule has 7 nitrogen and oxygen atoms in total. The largest absolute Gasteiger partial charge is 0.505 e. The molecule has 32 heavy (non-hydrogen) atoms. The second kappa shape index (κ2) is 10.4. The van der Waals surface area contributed by atoms with Gasteiger partial charge in [0.15, 0.2) is 5.75 Å². The number of aromatic nitrogens is 2. The predicted octanol–water partition coefficient (Wildman–Crippen LogP) is 2.99. The third-order valence-electron chi connectivity index (χ3n) is 5.10. The van der Waals surface area contributed by atoms with Crippen LogP contribution in [0.1, 0.15) is 48.2 Å². The van der Waals surface area contributed by atoms with Crippen molar-refractivity contribution in [1.82, 2.24) is 14.9 Å². The van der Waals surface area contributed by atoms with Crippen LogP contribution in [0.25, 0.3) is 11.0 Å². The minimum Gasteiger partial charge on any atom is -0.505 e. The van der Waals surface area contributed by atoms with Gasteiger partial charge in [0.2, 0.25) is 0 Å². The second-order valence-corrected chi connectivity index (χ2v) is 8.23. The normalized spacial score (nSPS) is 11.3. The van der Waals surface area contributed by atoms with E-state index in [4.69, 9.17) is 5.11 Å². The Balaban J connectivity index is 2.05. The zero-order valence-corrected chi connectivity index (χ0v) is 18.3. The minimum absolute atomic E-state index is 0.0163. The molecular formula is C24H28FN3O4. The van der Waals surface area contributed by atoms with Crippen LogP contribution in [0.5, 0.6) is 5.75 Å². The van der Waals surface area contributed by atoms with Crippen molar-refractivity contribution < 1.29 is 19.4 Å². The maximum absolute atomic E-state index is 13.2. The Morgan fingerprint density at radius 2 is 1.91 bits per heavy atom. The van der Waals surface area contributed by atoms with E-state index in [0.717, 1.165) is 11.1 Å². The molecule has 0 atom stereocenters. The predicted molar refractivity (Wildman–Crippen MR) is 120 cm³/mol. The molecule has 0 fully saturated rings. The number of benzene rings is 1. The average Bonchev–Trinajstić information content (AvgIpc) is 2.76. The summed E-state index contributed by atoms with van der Waals surface area (Å²) in [6, 6.07) is 7.91. The maximum atomic E-state index is 13.2. The number of pyridine rings is 2. The standard InChI is InChI=1S/C24H28FN3O4/c1-15(2)14-28-19-12-17(11-16-5-7-18(25)8-6-16)13-27-21(19)22(30)20(24(28)32)23(31)26-9-3-4-10-29/h5-8,12-13,15,29-30H,3-4,9-11,14H2,1-2H3,(H,26,31). The number of nitrogens with one attached hydrogen (secondary N) is 1. The third-order valence-corrected chi connectivity index (χ3v) is 5.10. The topological polar surface area (TPSA) is 104 Å². The number of carbonyl (C=O) groups excluding carboxylic acids is 1. The number of amides is 1. The van der Waals surface area contributed by atoms with Crippen LogP contribution in [0.4, 0.5) is 4.39 Å². The molecule has 2 heterocycles. The third kappa shape index (κ3) is 5.31. The lowest BCUT2D eigenvalue weighted by Gasteiger charge is -2.17. The van der Waals surface area contributed by atoms with Crippen LogP contribution in [0.2, 0.25) is 0 Å². The van der Waals surface area contributed by atoms with E-state index in [0.29, 0.717) is 31.3 Å². The Labute approximate surface area is 185 Å². The number of hydrogen-bond donors (Lipinski definition) is 3. The number of carbonyl (C=O) groups is 1. The van der Waals surface area contributed by atoms with Gasteiger partial charge in [-0.05, 0) is 54.5 Å². The molecule has 0 bridgehead atoms. The lowest BCUT2D eigenvalue weighted by Crippen LogP contribution is -2.34. The second-order valence-electron chi connectivity index (χ2n) is 8.23. The highest BCUT2D eigenvalue weighted by atomic mass is 19.1. The molecule has 3 aromatic rings. The van der Waals surface area contributed by atoms with Crippen molar-refractivity contribution in [3.8, 4) is 5.75 Å². The van der Waals surface area contributed by atoms with Crippen molar-refractivity contribution in [3.63, 3.8) is 0 Å². The number of halogens is 1. The molecule has 1 amide bonds. The first-order valence-electron chi connectivity index (χ1n) is 10.7. The molecule has 0 radical (unpaired) electrons. The highest BCUT2D eigenvalue weighted by Crippen LogP contribution is 2.26. The number of unbranched alkanes of at least 4 members (excludes halogenated alkanes) is 1. The number of aromatic hydroxyl groups is 1. The first-order valence-corrected chi connectivity index (χ1v) is 10.7. The molecule has 0 saturated heterocycles. The van der Waals surface area contributed by atoms with Crippen molar-refractivity contribution in [3.05, 3.63) is 69.4 Å². The van der Waals surface area contributed by atoms with Gasteiger partial charge in [0.25, 0.3) is 11.5 Å². The van der Waals surface area contributed by atoms with E-state index in [9.17, 15) is 19.1 Å². The van der Waals surface area contributed by atoms with Gasteiger partial charge in [0.05, 0.1) is 5.52 Å². The van der Waals surface area contributed by atoms with E-state index in [1.54, 1.807) is 24.4 Å². The SMILES string of the molecule is CC(C)Cn1c(=O)c(C(=O)NCCCCO)c(O)c2ncc(Cc3ccc(F)cc3)cc21. The van der Waals surface area contributed by atoms with Gasteiger partial charge in [-0.1, -0.05) is 26.0 Å². The highest BCUT2D eigenvalue weighted by molar-refractivity contribution is 6.01. The van der Waals surface area contributed by atoms with Crippen molar-refractivity contribution >= 4 is 16.9 Å². The maximum Gasteiger partial charge on any atom is 0.267 e. The Kier molecular flexibility index (Phi) is 7.58. The summed E-state index contributed by atoms with van der Waals surface area (Å²) < 4.78 is 14.7. The van der Waals surface area contributed by atoms with Crippen LogP contribution in [-0.4, -0.2) is 38.8 Å². The van der Waals surface area contributed by atoms with Gasteiger partial charge in [-0.25, -0.2) is 4.39 Å². The smallest absolute Gasteiger partial charge is 0.267 e. The number of rotatable bonds is 9. The molecule has 0 saturated carbocycles. The fourth-order valence-electron chi connectivity index (χ4n) is 3.56. The fourth-order valence-corrected chi connectivity index (χ4v) is 3.56. The van der Waals surface area contributed by atoms with Gasteiger partial charge in [0.1, 0.15) is 16.9 Å². The van der Waals surface area contributed by atoms with Crippen LogP contribution in [0, 0.1) is 11.7 Å². The quantitative estimate of drug-likeness (QED) is 0.443. The molecule has 170 valence electrons. The molecule has 8 heteroatoms. The first-order chi connectivity index (χ1) is 15.3. The number of fused-ring (bicyclic) bond motifs is 1. The van der Waals surface area contributed by atoms with E-state index in [1.165, 1.54) is 16.7 Å². The molecule has 1 aromatic carbocycles. The summed E-state index contributed by atoms with van der Waals surface area (Å²) in [5.74, 6) is -1.31. The van der Waals surface area contributed by atoms with Crippen molar-refractivity contribution in [2.24, 2.45) is 5.92 Å². The summed E-state index contributed by atoms with van der Waals surface area (Å²) in [5, 5.41) is 22.3. The molecule has 0 aliphatic carbocycles. The van der Waals surface area contributed by atoms with E-state index < -0.39 is 17.2 Å². The van der Waals surface area contributed by atoms with E-state index in [-0.39, 0.29) is 36.0 Å². The number of aliphatic hydroxyl groups is 1. The van der Waals surface area contributed by atoms with Gasteiger partial charge in [-0.15, -0.1) is 0 Å². The van der Waals surface area contributed by atoms with Gasteiger partial charge in [-0.2, -0.15) is 0 Å². The molecule has 3 N–H and O–H groups in total. The summed E-state index contributed by atoms with van der Waals surface area (Å²) in [6.45, 7) is 4.56. The van der Waals surface area contributed by atoms with E-state index in [2.05, 4.69) is 10.3 Å². The van der Waals surface area contributed by atoms with Gasteiger partial charge in [0, 0.05) is 25.9 Å². The van der Waals surface area contributed by atoms with Crippen LogP contribution >= 0.6 is 0 Å². The van der Waals surface area contributed by atoms with Gasteiger partial charge >= 0.3 is 0 Å². The first kappa shape index (κ1) is 23.4. The van der Waals surface area contributed by atoms with Crippen LogP contribution in [-0.2, 0) is 13.0 Å². The summed E-state index contributed by atoms with van der Waals surface area (Å²) >= 11 is 0. The van der Waals surface area contributed by atoms with Crippen LogP contribution in [0.15, 0.2) is 41.3 Å². The number of nitrogens with zero attached hydrogens (tertiary/aromatic N) is 2. The summed E-state index contributed by atoms with van der Waals surface area (Å²) in [7, 11) is 0. The molecule has 0 unspecified atom stereocenters. The monoisotopic (exact) mass is 441 g/mol. The molecule has 0 aliphatic rings. The Bertz CT molecular complexity index is 1160. The Morgan fingerprint density at radius 1 is 1.19 bits per heavy atom. The van der Waals surface area contributed by atoms with E-state index >= 15 is 0 Å². The highest BCUT2D eigenvalue weighted by Gasteiger charge is 2.23. The summed E-state index contributed by atoms with van der Waals surface area (Å²) in [4.78, 5) is 30.2. The van der Waals surface area contributed by atoms with Crippen LogP contribution < -0.4 is 10.9 Å². The van der Waals surface area contributed by atoms with E-state index in [1.807, 2.05) is 13.8 Å². The minimum atomic E-state index is -0.665. The van der Waals surface area contributed by atoms with Crippen molar-refractivity contribution in [2.75, 3.05) is 13.2 Å². The van der Waals surface area contributed by atoms with Gasteiger partial charge < -0.3 is 20.1 Å². The van der Waals surface area contributed by atoms with Gasteiger partial charge in [-0.3, -0.25) is 14.6 Å². The zero-order valence-electron chi connectivity index (χ0n) is 18.3. The van der Waals surface area contributed by atoms with Crippen molar-refractivity contribution in [1.29, 1.82) is 0 Å². The molecule has 0 aliphatic heterocycles. The van der Waals surface area contributed by atoms with Crippen molar-refractivity contribution in [2.45, 2.75) is 39.7 Å². The Morgan fingerprint density at radius 3 is 2.56 bits per heavy atom. The zero-order chi connectivity index (χ0) is 23.3. The Hall–Kier alpha value is -3.26. The average molecular weight is 442 g/mol. The lowest BCUT2D eigenvalue weighted by atomic mass is 10.0. The number of aliphatic hydroxyl groups excluding tert-OH is 1.